The Morgan fingerprint density at radius 3 is 2.50 bits per heavy atom. The minimum absolute atomic E-state index is 0.114. The molecule has 82 valence electrons. The van der Waals surface area contributed by atoms with Gasteiger partial charge >= 0.3 is 0 Å². The molecule has 2 heteroatoms. The lowest BCUT2D eigenvalue weighted by molar-refractivity contribution is 0.101. The molecule has 0 amide bonds. The molecular weight excluding hydrogens is 198 g/mol. The molecule has 0 aromatic heterocycles. The fourth-order valence-corrected chi connectivity index (χ4v) is 1.86. The number of anilines is 1. The highest BCUT2D eigenvalue weighted by Gasteiger charge is 2.05. The van der Waals surface area contributed by atoms with E-state index in [9.17, 15) is 4.79 Å². The van der Waals surface area contributed by atoms with Crippen LogP contribution in [0, 0.1) is 0 Å². The van der Waals surface area contributed by atoms with Crippen LogP contribution in [0.25, 0.3) is 10.8 Å². The highest BCUT2D eigenvalue weighted by Crippen LogP contribution is 2.24. The molecule has 0 saturated carbocycles. The molecule has 2 aromatic rings. The summed E-state index contributed by atoms with van der Waals surface area (Å²) in [6, 6.07) is 12.0. The summed E-state index contributed by atoms with van der Waals surface area (Å²) in [6.45, 7) is 1.61. The summed E-state index contributed by atoms with van der Waals surface area (Å²) in [5.41, 5.74) is 1.94. The maximum Gasteiger partial charge on any atom is 0.160 e. The van der Waals surface area contributed by atoms with Gasteiger partial charge in [0.2, 0.25) is 0 Å². The zero-order valence-electron chi connectivity index (χ0n) is 9.82. The molecule has 16 heavy (non-hydrogen) atoms. The first kappa shape index (κ1) is 10.7. The standard InChI is InChI=1S/C14H15NO/c1-10(16)13-6-4-5-11-9-12(15(2)3)7-8-14(11)13/h4-9H,1-3H3. The Balaban J connectivity index is 2.69. The second kappa shape index (κ2) is 3.97. The van der Waals surface area contributed by atoms with Gasteiger partial charge in [-0.1, -0.05) is 24.3 Å². The molecule has 0 heterocycles. The van der Waals surface area contributed by atoms with E-state index in [1.807, 2.05) is 44.4 Å². The van der Waals surface area contributed by atoms with E-state index in [-0.39, 0.29) is 5.78 Å². The quantitative estimate of drug-likeness (QED) is 0.714. The van der Waals surface area contributed by atoms with Crippen LogP contribution in [0.1, 0.15) is 17.3 Å². The molecule has 0 atom stereocenters. The second-order valence-electron chi connectivity index (χ2n) is 4.16. The molecule has 2 nitrogen and oxygen atoms in total. The summed E-state index contributed by atoms with van der Waals surface area (Å²) in [6.07, 6.45) is 0. The molecule has 0 fully saturated rings. The molecule has 0 radical (unpaired) electrons. The van der Waals surface area contributed by atoms with Gasteiger partial charge in [0.25, 0.3) is 0 Å². The van der Waals surface area contributed by atoms with Crippen molar-refractivity contribution in [3.8, 4) is 0 Å². The number of carbonyl (C=O) groups excluding carboxylic acids is 1. The summed E-state index contributed by atoms with van der Waals surface area (Å²) in [5.74, 6) is 0.114. The molecule has 0 saturated heterocycles. The van der Waals surface area contributed by atoms with Gasteiger partial charge in [0, 0.05) is 25.3 Å². The summed E-state index contributed by atoms with van der Waals surface area (Å²) in [5, 5.41) is 2.14. The molecule has 0 aliphatic heterocycles. The normalized spacial score (nSPS) is 10.4. The Morgan fingerprint density at radius 1 is 1.12 bits per heavy atom. The highest BCUT2D eigenvalue weighted by molar-refractivity contribution is 6.07. The molecule has 0 bridgehead atoms. The van der Waals surface area contributed by atoms with Crippen molar-refractivity contribution in [3.05, 3.63) is 42.0 Å². The van der Waals surface area contributed by atoms with Crippen molar-refractivity contribution in [1.82, 2.24) is 0 Å². The summed E-state index contributed by atoms with van der Waals surface area (Å²) >= 11 is 0. The second-order valence-corrected chi connectivity index (χ2v) is 4.16. The van der Waals surface area contributed by atoms with Crippen molar-refractivity contribution in [2.75, 3.05) is 19.0 Å². The third-order valence-corrected chi connectivity index (χ3v) is 2.76. The monoisotopic (exact) mass is 213 g/mol. The van der Waals surface area contributed by atoms with Gasteiger partial charge in [0.1, 0.15) is 0 Å². The molecule has 2 rings (SSSR count). The zero-order chi connectivity index (χ0) is 11.7. The number of ketones is 1. The van der Waals surface area contributed by atoms with E-state index in [2.05, 4.69) is 11.0 Å². The zero-order valence-corrected chi connectivity index (χ0v) is 9.82. The van der Waals surface area contributed by atoms with Crippen molar-refractivity contribution in [1.29, 1.82) is 0 Å². The van der Waals surface area contributed by atoms with Crippen LogP contribution < -0.4 is 4.90 Å². The van der Waals surface area contributed by atoms with Crippen LogP contribution in [-0.2, 0) is 0 Å². The minimum Gasteiger partial charge on any atom is -0.378 e. The highest BCUT2D eigenvalue weighted by atomic mass is 16.1. The first-order valence-corrected chi connectivity index (χ1v) is 5.30. The first-order valence-electron chi connectivity index (χ1n) is 5.30. The number of nitrogens with zero attached hydrogens (tertiary/aromatic N) is 1. The predicted molar refractivity (Wildman–Crippen MR) is 68.3 cm³/mol. The predicted octanol–water partition coefficient (Wildman–Crippen LogP) is 3.11. The van der Waals surface area contributed by atoms with Crippen LogP contribution in [-0.4, -0.2) is 19.9 Å². The Bertz CT molecular complexity index is 543. The fraction of sp³-hybridized carbons (Fsp3) is 0.214. The lowest BCUT2D eigenvalue weighted by atomic mass is 10.0. The van der Waals surface area contributed by atoms with Gasteiger partial charge in [-0.2, -0.15) is 0 Å². The number of hydrogen-bond donors (Lipinski definition) is 0. The number of Topliss-reactive ketones (excluding diaryl/α,β-unsaturated/α-hetero) is 1. The number of hydrogen-bond acceptors (Lipinski definition) is 2. The number of carbonyl (C=O) groups is 1. The summed E-state index contributed by atoms with van der Waals surface area (Å²) in [4.78, 5) is 13.5. The molecule has 2 aromatic carbocycles. The number of benzene rings is 2. The Kier molecular flexibility index (Phi) is 2.65. The van der Waals surface area contributed by atoms with E-state index in [0.29, 0.717) is 0 Å². The van der Waals surface area contributed by atoms with Crippen molar-refractivity contribution in [2.45, 2.75) is 6.92 Å². The maximum absolute atomic E-state index is 11.5. The van der Waals surface area contributed by atoms with E-state index in [1.54, 1.807) is 6.92 Å². The van der Waals surface area contributed by atoms with Crippen molar-refractivity contribution in [2.24, 2.45) is 0 Å². The van der Waals surface area contributed by atoms with Gasteiger partial charge in [-0.15, -0.1) is 0 Å². The molecule has 0 spiro atoms. The average Bonchev–Trinajstić information content (AvgIpc) is 2.27. The third kappa shape index (κ3) is 1.78. The summed E-state index contributed by atoms with van der Waals surface area (Å²) < 4.78 is 0. The van der Waals surface area contributed by atoms with Crippen LogP contribution in [0.2, 0.25) is 0 Å². The van der Waals surface area contributed by atoms with E-state index in [1.165, 1.54) is 0 Å². The lowest BCUT2D eigenvalue weighted by Crippen LogP contribution is -2.08. The number of rotatable bonds is 2. The molecular formula is C14H15NO. The SMILES string of the molecule is CC(=O)c1cccc2cc(N(C)C)ccc12. The van der Waals surface area contributed by atoms with E-state index in [0.717, 1.165) is 22.0 Å². The van der Waals surface area contributed by atoms with E-state index < -0.39 is 0 Å². The van der Waals surface area contributed by atoms with E-state index >= 15 is 0 Å². The van der Waals surface area contributed by atoms with Crippen molar-refractivity contribution < 1.29 is 4.79 Å². The first-order chi connectivity index (χ1) is 7.59. The number of fused-ring (bicyclic) bond motifs is 1. The third-order valence-electron chi connectivity index (χ3n) is 2.76. The Hall–Kier alpha value is -1.83. The molecule has 0 aliphatic carbocycles. The van der Waals surface area contributed by atoms with Gasteiger partial charge in [0.15, 0.2) is 5.78 Å². The summed E-state index contributed by atoms with van der Waals surface area (Å²) in [7, 11) is 4.02. The van der Waals surface area contributed by atoms with Crippen molar-refractivity contribution in [3.63, 3.8) is 0 Å². The molecule has 0 N–H and O–H groups in total. The molecule has 0 aliphatic rings. The maximum atomic E-state index is 11.5. The van der Waals surface area contributed by atoms with Gasteiger partial charge in [-0.3, -0.25) is 4.79 Å². The topological polar surface area (TPSA) is 20.3 Å². The van der Waals surface area contributed by atoms with Crippen molar-refractivity contribution >= 4 is 22.2 Å². The van der Waals surface area contributed by atoms with Gasteiger partial charge in [-0.05, 0) is 29.8 Å². The lowest BCUT2D eigenvalue weighted by Gasteiger charge is -2.13. The average molecular weight is 213 g/mol. The largest absolute Gasteiger partial charge is 0.378 e. The fourth-order valence-electron chi connectivity index (χ4n) is 1.86. The van der Waals surface area contributed by atoms with Gasteiger partial charge in [-0.25, -0.2) is 0 Å². The molecule has 0 unspecified atom stereocenters. The van der Waals surface area contributed by atoms with Gasteiger partial charge in [0.05, 0.1) is 0 Å². The Morgan fingerprint density at radius 2 is 1.88 bits per heavy atom. The van der Waals surface area contributed by atoms with Crippen LogP contribution in [0.4, 0.5) is 5.69 Å². The Labute approximate surface area is 95.5 Å². The smallest absolute Gasteiger partial charge is 0.160 e. The minimum atomic E-state index is 0.114. The van der Waals surface area contributed by atoms with Crippen LogP contribution in [0.3, 0.4) is 0 Å². The van der Waals surface area contributed by atoms with Crippen LogP contribution in [0.5, 0.6) is 0 Å². The van der Waals surface area contributed by atoms with Gasteiger partial charge < -0.3 is 4.90 Å². The van der Waals surface area contributed by atoms with E-state index in [4.69, 9.17) is 0 Å². The van der Waals surface area contributed by atoms with Crippen LogP contribution >= 0.6 is 0 Å². The van der Waals surface area contributed by atoms with Crippen LogP contribution in [0.15, 0.2) is 36.4 Å².